The summed E-state index contributed by atoms with van der Waals surface area (Å²) in [5, 5.41) is 23.7. The van der Waals surface area contributed by atoms with Crippen LogP contribution in [0, 0.1) is 0 Å². The fraction of sp³-hybridized carbons (Fsp3) is 0.500. The van der Waals surface area contributed by atoms with Gasteiger partial charge in [0.2, 0.25) is 0 Å². The van der Waals surface area contributed by atoms with E-state index in [1.807, 2.05) is 43.3 Å². The van der Waals surface area contributed by atoms with Crippen LogP contribution in [0.2, 0.25) is 5.04 Å². The van der Waals surface area contributed by atoms with Gasteiger partial charge in [-0.05, 0) is 21.8 Å². The summed E-state index contributed by atoms with van der Waals surface area (Å²) in [4.78, 5) is 10.3. The van der Waals surface area contributed by atoms with Gasteiger partial charge in [-0.2, -0.15) is 0 Å². The van der Waals surface area contributed by atoms with Crippen molar-refractivity contribution in [3.05, 3.63) is 60.7 Å². The molecule has 1 fully saturated rings. The SMILES string of the molecule is CC[C@@]1(S)O[C@H](CO[Si](c2ccccc2)(c2ccccc2)C(C)(C)C)[C@H](O)[C@H](O)[C@H]1OC(C)=O. The maximum absolute atomic E-state index is 11.6. The van der Waals surface area contributed by atoms with E-state index in [4.69, 9.17) is 13.9 Å². The van der Waals surface area contributed by atoms with Crippen molar-refractivity contribution in [3.8, 4) is 0 Å². The third kappa shape index (κ3) is 5.12. The number of hydrogen-bond donors (Lipinski definition) is 3. The molecule has 5 atom stereocenters. The Bertz CT molecular complexity index is 911. The van der Waals surface area contributed by atoms with Crippen LogP contribution >= 0.6 is 12.6 Å². The standard InChI is InChI=1S/C26H36O6SSi/c1-6-26(33)24(31-18(2)27)23(29)22(28)21(32-26)17-30-34(25(3,4)5,19-13-9-7-10-14-19)20-15-11-8-12-16-20/h7-16,21-24,28-29,33H,6,17H2,1-5H3/t21-,22+,23+,24-,26+/m1/s1. The Labute approximate surface area is 208 Å². The zero-order chi connectivity index (χ0) is 25.1. The van der Waals surface area contributed by atoms with E-state index in [0.717, 1.165) is 10.4 Å². The van der Waals surface area contributed by atoms with Crippen LogP contribution in [0.3, 0.4) is 0 Å². The van der Waals surface area contributed by atoms with E-state index in [1.165, 1.54) is 6.92 Å². The number of esters is 1. The van der Waals surface area contributed by atoms with Crippen molar-refractivity contribution in [3.63, 3.8) is 0 Å². The molecule has 3 rings (SSSR count). The summed E-state index contributed by atoms with van der Waals surface area (Å²) < 4.78 is 18.3. The minimum atomic E-state index is -2.87. The molecular formula is C26H36O6SSi. The second-order valence-electron chi connectivity index (χ2n) is 9.84. The van der Waals surface area contributed by atoms with Gasteiger partial charge in [-0.3, -0.25) is 4.79 Å². The average molecular weight is 505 g/mol. The molecule has 6 nitrogen and oxygen atoms in total. The van der Waals surface area contributed by atoms with Crippen LogP contribution in [-0.2, 0) is 18.7 Å². The van der Waals surface area contributed by atoms with Crippen LogP contribution in [0.25, 0.3) is 0 Å². The third-order valence-corrected chi connectivity index (χ3v) is 12.2. The highest BCUT2D eigenvalue weighted by molar-refractivity contribution is 7.81. The summed E-state index contributed by atoms with van der Waals surface area (Å²) in [5.41, 5.74) is 0. The molecule has 0 bridgehead atoms. The van der Waals surface area contributed by atoms with Crippen LogP contribution < -0.4 is 10.4 Å². The lowest BCUT2D eigenvalue weighted by molar-refractivity contribution is -0.248. The number of rotatable bonds is 7. The molecular weight excluding hydrogens is 468 g/mol. The van der Waals surface area contributed by atoms with Crippen molar-refractivity contribution in [2.75, 3.05) is 6.61 Å². The van der Waals surface area contributed by atoms with Gasteiger partial charge in [-0.25, -0.2) is 0 Å². The van der Waals surface area contributed by atoms with E-state index in [1.54, 1.807) is 0 Å². The van der Waals surface area contributed by atoms with E-state index in [2.05, 4.69) is 57.7 Å². The Hall–Kier alpha value is -1.68. The normalized spacial score (nSPS) is 27.9. The van der Waals surface area contributed by atoms with E-state index in [9.17, 15) is 15.0 Å². The van der Waals surface area contributed by atoms with Gasteiger partial charge in [-0.1, -0.05) is 88.4 Å². The molecule has 1 aliphatic rings. The number of carbonyl (C=O) groups is 1. The second kappa shape index (κ2) is 10.5. The van der Waals surface area contributed by atoms with E-state index in [0.29, 0.717) is 6.42 Å². The highest BCUT2D eigenvalue weighted by Crippen LogP contribution is 2.40. The van der Waals surface area contributed by atoms with Crippen molar-refractivity contribution >= 4 is 37.3 Å². The maximum atomic E-state index is 11.6. The number of aliphatic hydroxyl groups excluding tert-OH is 2. The largest absolute Gasteiger partial charge is 0.456 e. The van der Waals surface area contributed by atoms with Gasteiger partial charge >= 0.3 is 5.97 Å². The van der Waals surface area contributed by atoms with Crippen molar-refractivity contribution in [1.82, 2.24) is 0 Å². The second-order valence-corrected chi connectivity index (χ2v) is 14.9. The summed E-state index contributed by atoms with van der Waals surface area (Å²) in [7, 11) is -2.87. The molecule has 0 unspecified atom stereocenters. The number of benzene rings is 2. The summed E-state index contributed by atoms with van der Waals surface area (Å²) >= 11 is 4.63. The molecule has 0 saturated carbocycles. The van der Waals surface area contributed by atoms with Gasteiger partial charge in [0.25, 0.3) is 8.32 Å². The van der Waals surface area contributed by atoms with Crippen LogP contribution in [0.4, 0.5) is 0 Å². The first-order valence-electron chi connectivity index (χ1n) is 11.6. The van der Waals surface area contributed by atoms with Gasteiger partial charge in [-0.15, -0.1) is 12.6 Å². The molecule has 0 spiro atoms. The first kappa shape index (κ1) is 26.9. The van der Waals surface area contributed by atoms with Crippen molar-refractivity contribution in [2.45, 2.75) is 75.4 Å². The smallest absolute Gasteiger partial charge is 0.303 e. The number of carbonyl (C=O) groups excluding carboxylic acids is 1. The van der Waals surface area contributed by atoms with Crippen LogP contribution in [0.5, 0.6) is 0 Å². The van der Waals surface area contributed by atoms with Crippen molar-refractivity contribution in [1.29, 1.82) is 0 Å². The Kier molecular flexibility index (Phi) is 8.32. The Morgan fingerprint density at radius 1 is 1.03 bits per heavy atom. The van der Waals surface area contributed by atoms with Gasteiger partial charge in [0.15, 0.2) is 11.0 Å². The van der Waals surface area contributed by atoms with Gasteiger partial charge in [0, 0.05) is 6.92 Å². The van der Waals surface area contributed by atoms with Crippen molar-refractivity contribution < 1.29 is 28.9 Å². The lowest BCUT2D eigenvalue weighted by Crippen LogP contribution is -2.69. The lowest BCUT2D eigenvalue weighted by Gasteiger charge is -2.49. The molecule has 0 aliphatic carbocycles. The molecule has 186 valence electrons. The molecule has 1 saturated heterocycles. The summed E-state index contributed by atoms with van der Waals surface area (Å²) in [6.45, 7) is 9.61. The highest BCUT2D eigenvalue weighted by atomic mass is 32.1. The van der Waals surface area contributed by atoms with Gasteiger partial charge in [0.05, 0.1) is 6.61 Å². The fourth-order valence-corrected chi connectivity index (χ4v) is 9.70. The fourth-order valence-electron chi connectivity index (χ4n) is 4.79. The predicted molar refractivity (Wildman–Crippen MR) is 138 cm³/mol. The maximum Gasteiger partial charge on any atom is 0.303 e. The zero-order valence-electron chi connectivity index (χ0n) is 20.5. The van der Waals surface area contributed by atoms with Gasteiger partial charge in [0.1, 0.15) is 18.3 Å². The molecule has 34 heavy (non-hydrogen) atoms. The highest BCUT2D eigenvalue weighted by Gasteiger charge is 2.55. The molecule has 1 aliphatic heterocycles. The van der Waals surface area contributed by atoms with E-state index >= 15 is 0 Å². The van der Waals surface area contributed by atoms with Gasteiger partial charge < -0.3 is 24.1 Å². The molecule has 2 aromatic carbocycles. The molecule has 1 heterocycles. The zero-order valence-corrected chi connectivity index (χ0v) is 22.4. The summed E-state index contributed by atoms with van der Waals surface area (Å²) in [6, 6.07) is 20.3. The first-order chi connectivity index (χ1) is 16.0. The average Bonchev–Trinajstić information content (AvgIpc) is 2.80. The number of hydrogen-bond acceptors (Lipinski definition) is 7. The van der Waals surface area contributed by atoms with Crippen molar-refractivity contribution in [2.24, 2.45) is 0 Å². The van der Waals surface area contributed by atoms with Crippen LogP contribution in [0.15, 0.2) is 60.7 Å². The van der Waals surface area contributed by atoms with Crippen LogP contribution in [0.1, 0.15) is 41.0 Å². The number of aliphatic hydroxyl groups is 2. The number of ether oxygens (including phenoxy) is 2. The Morgan fingerprint density at radius 2 is 1.53 bits per heavy atom. The van der Waals surface area contributed by atoms with E-state index in [-0.39, 0.29) is 11.6 Å². The Balaban J connectivity index is 2.00. The molecule has 0 amide bonds. The third-order valence-electron chi connectivity index (χ3n) is 6.52. The van der Waals surface area contributed by atoms with Crippen LogP contribution in [-0.4, -0.2) is 60.5 Å². The monoisotopic (exact) mass is 504 g/mol. The van der Waals surface area contributed by atoms with E-state index < -0.39 is 43.6 Å². The first-order valence-corrected chi connectivity index (χ1v) is 14.0. The Morgan fingerprint density at radius 3 is 1.94 bits per heavy atom. The minimum absolute atomic E-state index is 0.0423. The molecule has 0 radical (unpaired) electrons. The lowest BCUT2D eigenvalue weighted by atomic mass is 9.93. The molecule has 2 N–H and O–H groups in total. The molecule has 0 aromatic heterocycles. The topological polar surface area (TPSA) is 85.2 Å². The minimum Gasteiger partial charge on any atom is -0.456 e. The predicted octanol–water partition coefficient (Wildman–Crippen LogP) is 2.65. The summed E-state index contributed by atoms with van der Waals surface area (Å²) in [5.74, 6) is -0.575. The summed E-state index contributed by atoms with van der Waals surface area (Å²) in [6.07, 6.45) is -4.27. The number of thiol groups is 1. The molecule has 2 aromatic rings. The molecule has 8 heteroatoms. The quantitative estimate of drug-likeness (QED) is 0.305.